The Morgan fingerprint density at radius 3 is 2.25 bits per heavy atom. The first-order valence-electron chi connectivity index (χ1n) is 12.9. The van der Waals surface area contributed by atoms with Crippen LogP contribution < -0.4 is 0 Å². The lowest BCUT2D eigenvalue weighted by Crippen LogP contribution is -2.67. The number of hydrogen-bond donors (Lipinski definition) is 3. The van der Waals surface area contributed by atoms with Crippen LogP contribution in [0, 0.1) is 52.3 Å². The summed E-state index contributed by atoms with van der Waals surface area (Å²) in [6.45, 7) is 13.4. The van der Waals surface area contributed by atoms with Crippen molar-refractivity contribution in [3.05, 3.63) is 23.8 Å². The Bertz CT molecular complexity index is 810. The lowest BCUT2D eigenvalue weighted by Gasteiger charge is -2.61. The molecule has 0 saturated heterocycles. The predicted molar refractivity (Wildman–Crippen MR) is 126 cm³/mol. The maximum Gasteiger partial charge on any atom is 0.196 e. The van der Waals surface area contributed by atoms with E-state index < -0.39 is 23.2 Å². The molecule has 3 N–H and O–H groups in total. The van der Waals surface area contributed by atoms with Crippen LogP contribution in [-0.2, 0) is 4.79 Å². The Kier molecular flexibility index (Phi) is 6.09. The second-order valence-electron chi connectivity index (χ2n) is 12.4. The quantitative estimate of drug-likeness (QED) is 0.427. The third-order valence-electron chi connectivity index (χ3n) is 10.7. The molecule has 0 aromatic carbocycles. The van der Waals surface area contributed by atoms with E-state index in [4.69, 9.17) is 0 Å². The molecule has 9 atom stereocenters. The molecule has 0 radical (unpaired) electrons. The summed E-state index contributed by atoms with van der Waals surface area (Å²) in [5, 5.41) is 32.6. The number of fused-ring (bicyclic) bond motifs is 5. The average molecular weight is 445 g/mol. The van der Waals surface area contributed by atoms with Gasteiger partial charge in [-0.25, -0.2) is 0 Å². The Hall–Kier alpha value is -0.970. The van der Waals surface area contributed by atoms with Crippen LogP contribution in [0.1, 0.15) is 80.1 Å². The zero-order chi connectivity index (χ0) is 23.6. The number of carbonyl (C=O) groups is 1. The van der Waals surface area contributed by atoms with Crippen LogP contribution in [0.5, 0.6) is 0 Å². The van der Waals surface area contributed by atoms with Gasteiger partial charge in [-0.3, -0.25) is 4.79 Å². The molecule has 32 heavy (non-hydrogen) atoms. The van der Waals surface area contributed by atoms with Gasteiger partial charge < -0.3 is 15.3 Å². The van der Waals surface area contributed by atoms with E-state index in [0.29, 0.717) is 36.0 Å². The first-order chi connectivity index (χ1) is 14.9. The third-order valence-corrected chi connectivity index (χ3v) is 10.7. The molecule has 0 bridgehead atoms. The van der Waals surface area contributed by atoms with Gasteiger partial charge in [0.1, 0.15) is 6.10 Å². The third kappa shape index (κ3) is 3.31. The van der Waals surface area contributed by atoms with Crippen molar-refractivity contribution in [2.24, 2.45) is 52.3 Å². The number of aliphatic hydroxyl groups is 3. The number of hydrogen-bond acceptors (Lipinski definition) is 4. The van der Waals surface area contributed by atoms with Crippen LogP contribution in [0.2, 0.25) is 0 Å². The molecule has 4 nitrogen and oxygen atoms in total. The summed E-state index contributed by atoms with van der Waals surface area (Å²) in [5.41, 5.74) is 0.235. The molecule has 0 aromatic heterocycles. The van der Waals surface area contributed by atoms with E-state index in [9.17, 15) is 20.1 Å². The van der Waals surface area contributed by atoms with Gasteiger partial charge in [0.05, 0.1) is 0 Å². The van der Waals surface area contributed by atoms with Crippen molar-refractivity contribution < 1.29 is 20.1 Å². The number of carbonyl (C=O) groups excluding carboxylic acids is 1. The van der Waals surface area contributed by atoms with Crippen molar-refractivity contribution >= 4 is 5.78 Å². The highest BCUT2D eigenvalue weighted by Gasteiger charge is 2.67. The Balaban J connectivity index is 1.65. The summed E-state index contributed by atoms with van der Waals surface area (Å²) in [6, 6.07) is 0. The Labute approximate surface area is 194 Å². The molecule has 4 aliphatic carbocycles. The molecule has 3 saturated carbocycles. The highest BCUT2D eigenvalue weighted by atomic mass is 16.5. The van der Waals surface area contributed by atoms with Gasteiger partial charge in [-0.1, -0.05) is 59.3 Å². The normalized spacial score (nSPS) is 45.2. The van der Waals surface area contributed by atoms with E-state index in [0.717, 1.165) is 31.3 Å². The first kappa shape index (κ1) is 24.2. The van der Waals surface area contributed by atoms with Gasteiger partial charge in [0.2, 0.25) is 0 Å². The Morgan fingerprint density at radius 1 is 0.938 bits per heavy atom. The number of allylic oxidation sites excluding steroid dienone is 4. The van der Waals surface area contributed by atoms with E-state index >= 15 is 0 Å². The van der Waals surface area contributed by atoms with Crippen LogP contribution in [-0.4, -0.2) is 33.0 Å². The molecule has 0 amide bonds. The molecule has 0 aliphatic heterocycles. The zero-order valence-electron chi connectivity index (χ0n) is 20.8. The zero-order valence-corrected chi connectivity index (χ0v) is 20.8. The minimum Gasteiger partial charge on any atom is -0.387 e. The maximum atomic E-state index is 13.2. The molecule has 4 heteroatoms. The molecule has 0 heterocycles. The molecule has 0 aromatic rings. The monoisotopic (exact) mass is 444 g/mol. The van der Waals surface area contributed by atoms with E-state index in [1.54, 1.807) is 0 Å². The van der Waals surface area contributed by atoms with Crippen LogP contribution >= 0.6 is 0 Å². The SMILES string of the molecule is CC(C)[C@@H](C)/C=C/[C@@H](C)[C@H]1CC[C@H]2C3=CC(=O)[C@H]4CCC(O)C(O)(O)[C@]4(C)[C@H]3CC[C@]12C. The van der Waals surface area contributed by atoms with Crippen molar-refractivity contribution in [1.82, 2.24) is 0 Å². The summed E-state index contributed by atoms with van der Waals surface area (Å²) < 4.78 is 0. The number of rotatable bonds is 4. The smallest absolute Gasteiger partial charge is 0.196 e. The Morgan fingerprint density at radius 2 is 1.59 bits per heavy atom. The van der Waals surface area contributed by atoms with E-state index in [1.807, 2.05) is 13.0 Å². The van der Waals surface area contributed by atoms with Gasteiger partial charge in [-0.15, -0.1) is 0 Å². The summed E-state index contributed by atoms with van der Waals surface area (Å²) in [7, 11) is 0. The number of ketones is 1. The van der Waals surface area contributed by atoms with Gasteiger partial charge >= 0.3 is 0 Å². The average Bonchev–Trinajstić information content (AvgIpc) is 3.07. The van der Waals surface area contributed by atoms with Gasteiger partial charge in [-0.2, -0.15) is 0 Å². The molecule has 0 spiro atoms. The highest BCUT2D eigenvalue weighted by Crippen LogP contribution is 2.67. The molecule has 4 rings (SSSR count). The van der Waals surface area contributed by atoms with E-state index in [1.165, 1.54) is 0 Å². The molecular weight excluding hydrogens is 400 g/mol. The van der Waals surface area contributed by atoms with Gasteiger partial charge in [-0.05, 0) is 85.5 Å². The van der Waals surface area contributed by atoms with Crippen LogP contribution in [0.4, 0.5) is 0 Å². The standard InChI is InChI=1S/C28H44O4/c1-16(2)17(3)7-8-18(4)20-9-10-21-19-15-24(29)23-11-12-25(30)28(31,32)27(23,6)22(19)13-14-26(20,21)5/h7-8,15-18,20-23,25,30-32H,9-14H2,1-6H3/b8-7+/t17-,18+,20+,21-,22-,23+,25?,26+,27+/m0/s1. The second-order valence-corrected chi connectivity index (χ2v) is 12.4. The first-order valence-corrected chi connectivity index (χ1v) is 12.9. The van der Waals surface area contributed by atoms with Crippen LogP contribution in [0.25, 0.3) is 0 Å². The minimum atomic E-state index is -2.23. The maximum absolute atomic E-state index is 13.2. The lowest BCUT2D eigenvalue weighted by atomic mass is 9.45. The molecule has 4 aliphatic rings. The molecule has 3 fully saturated rings. The molecule has 180 valence electrons. The predicted octanol–water partition coefficient (Wildman–Crippen LogP) is 4.88. The van der Waals surface area contributed by atoms with E-state index in [-0.39, 0.29) is 23.5 Å². The van der Waals surface area contributed by atoms with Gasteiger partial charge in [0, 0.05) is 11.3 Å². The van der Waals surface area contributed by atoms with Gasteiger partial charge in [0.25, 0.3) is 0 Å². The number of aliphatic hydroxyl groups excluding tert-OH is 1. The largest absolute Gasteiger partial charge is 0.387 e. The summed E-state index contributed by atoms with van der Waals surface area (Å²) in [6.07, 6.45) is 10.4. The topological polar surface area (TPSA) is 77.8 Å². The molecule has 1 unspecified atom stereocenters. The van der Waals surface area contributed by atoms with Crippen molar-refractivity contribution in [1.29, 1.82) is 0 Å². The van der Waals surface area contributed by atoms with E-state index in [2.05, 4.69) is 46.8 Å². The van der Waals surface area contributed by atoms with Crippen molar-refractivity contribution in [3.63, 3.8) is 0 Å². The fourth-order valence-corrected chi connectivity index (χ4v) is 8.10. The summed E-state index contributed by atoms with van der Waals surface area (Å²) >= 11 is 0. The fourth-order valence-electron chi connectivity index (χ4n) is 8.10. The van der Waals surface area contributed by atoms with Crippen molar-refractivity contribution in [2.75, 3.05) is 0 Å². The lowest BCUT2D eigenvalue weighted by molar-refractivity contribution is -0.328. The van der Waals surface area contributed by atoms with Gasteiger partial charge in [0.15, 0.2) is 11.6 Å². The van der Waals surface area contributed by atoms with Crippen LogP contribution in [0.15, 0.2) is 23.8 Å². The summed E-state index contributed by atoms with van der Waals surface area (Å²) in [5.74, 6) is -0.123. The second kappa shape index (κ2) is 8.06. The van der Waals surface area contributed by atoms with Crippen molar-refractivity contribution in [3.8, 4) is 0 Å². The highest BCUT2D eigenvalue weighted by molar-refractivity contribution is 5.94. The fraction of sp³-hybridized carbons (Fsp3) is 0.821. The van der Waals surface area contributed by atoms with Crippen molar-refractivity contribution in [2.45, 2.75) is 92.0 Å². The summed E-state index contributed by atoms with van der Waals surface area (Å²) in [4.78, 5) is 13.2. The molecular formula is C28H44O4. The van der Waals surface area contributed by atoms with Crippen LogP contribution in [0.3, 0.4) is 0 Å². The minimum absolute atomic E-state index is 0.0320.